The number of amides is 1. The topological polar surface area (TPSA) is 102 Å². The molecule has 1 aliphatic heterocycles. The van der Waals surface area contributed by atoms with E-state index in [2.05, 4.69) is 15.4 Å². The Morgan fingerprint density at radius 2 is 2.00 bits per heavy atom. The van der Waals surface area contributed by atoms with Gasteiger partial charge in [0.15, 0.2) is 0 Å². The lowest BCUT2D eigenvalue weighted by molar-refractivity contribution is 0.0942. The van der Waals surface area contributed by atoms with Crippen molar-refractivity contribution in [1.82, 2.24) is 29.0 Å². The number of halogens is 1. The number of hydrogen-bond acceptors (Lipinski definition) is 5. The average molecular weight is 499 g/mol. The fourth-order valence-corrected chi connectivity index (χ4v) is 6.19. The first-order valence-corrected chi connectivity index (χ1v) is 12.6. The Morgan fingerprint density at radius 3 is 2.82 bits per heavy atom. The standard InChI is InChI=1S/C23H23ClN6O3S/c1-15-22(34(32,33)29-10-11-30-16(14-29)7-9-27-30)12-21(28(15)2)23(31)26-13-18-17-4-3-8-25-20(17)6-5-19(18)24/h3-9,12H,10-11,13-14H2,1-2H3,(H,26,31). The zero-order valence-electron chi connectivity index (χ0n) is 18.7. The second kappa shape index (κ2) is 8.53. The first-order valence-electron chi connectivity index (χ1n) is 10.7. The first-order chi connectivity index (χ1) is 16.3. The number of hydrogen-bond donors (Lipinski definition) is 1. The van der Waals surface area contributed by atoms with Crippen LogP contribution in [0.4, 0.5) is 0 Å². The fourth-order valence-electron chi connectivity index (χ4n) is 4.28. The number of sulfonamides is 1. The van der Waals surface area contributed by atoms with Gasteiger partial charge in [0.25, 0.3) is 5.91 Å². The second-order valence-corrected chi connectivity index (χ2v) is 10.5. The highest BCUT2D eigenvalue weighted by Gasteiger charge is 2.32. The molecule has 11 heteroatoms. The molecule has 5 rings (SSSR count). The molecule has 4 heterocycles. The number of benzene rings is 1. The minimum Gasteiger partial charge on any atom is -0.347 e. The predicted molar refractivity (Wildman–Crippen MR) is 128 cm³/mol. The summed E-state index contributed by atoms with van der Waals surface area (Å²) < 4.78 is 31.7. The molecular weight excluding hydrogens is 476 g/mol. The van der Waals surface area contributed by atoms with Crippen molar-refractivity contribution in [3.8, 4) is 0 Å². The smallest absolute Gasteiger partial charge is 0.268 e. The second-order valence-electron chi connectivity index (χ2n) is 8.20. The zero-order chi connectivity index (χ0) is 24.0. The highest BCUT2D eigenvalue weighted by molar-refractivity contribution is 7.89. The molecule has 0 radical (unpaired) electrons. The van der Waals surface area contributed by atoms with E-state index in [0.717, 1.165) is 22.2 Å². The van der Waals surface area contributed by atoms with Crippen molar-refractivity contribution in [2.24, 2.45) is 7.05 Å². The van der Waals surface area contributed by atoms with Crippen LogP contribution in [-0.4, -0.2) is 44.5 Å². The monoisotopic (exact) mass is 498 g/mol. The van der Waals surface area contributed by atoms with E-state index in [4.69, 9.17) is 11.6 Å². The third-order valence-electron chi connectivity index (χ3n) is 6.31. The molecule has 0 saturated carbocycles. The van der Waals surface area contributed by atoms with Crippen molar-refractivity contribution in [2.45, 2.75) is 31.5 Å². The molecule has 0 aliphatic carbocycles. The fraction of sp³-hybridized carbons (Fsp3) is 0.261. The van der Waals surface area contributed by atoms with Gasteiger partial charge in [0.2, 0.25) is 10.0 Å². The summed E-state index contributed by atoms with van der Waals surface area (Å²) in [5.74, 6) is -0.388. The molecule has 0 fully saturated rings. The molecule has 0 spiro atoms. The molecule has 1 N–H and O–H groups in total. The summed E-state index contributed by atoms with van der Waals surface area (Å²) in [4.78, 5) is 17.5. The third kappa shape index (κ3) is 3.77. The predicted octanol–water partition coefficient (Wildman–Crippen LogP) is 2.87. The molecule has 0 saturated heterocycles. The van der Waals surface area contributed by atoms with Crippen molar-refractivity contribution >= 4 is 38.4 Å². The van der Waals surface area contributed by atoms with Crippen LogP contribution in [0.2, 0.25) is 5.02 Å². The summed E-state index contributed by atoms with van der Waals surface area (Å²) in [7, 11) is -2.11. The number of nitrogens with one attached hydrogen (secondary N) is 1. The Kier molecular flexibility index (Phi) is 5.67. The van der Waals surface area contributed by atoms with Gasteiger partial charge in [-0.15, -0.1) is 0 Å². The van der Waals surface area contributed by atoms with Gasteiger partial charge < -0.3 is 9.88 Å². The molecule has 0 unspecified atom stereocenters. The van der Waals surface area contributed by atoms with E-state index in [-0.39, 0.29) is 29.6 Å². The van der Waals surface area contributed by atoms with Gasteiger partial charge in [-0.3, -0.25) is 14.5 Å². The summed E-state index contributed by atoms with van der Waals surface area (Å²) in [5, 5.41) is 8.46. The maximum Gasteiger partial charge on any atom is 0.268 e. The minimum atomic E-state index is -3.79. The molecular formula is C23H23ClN6O3S. The van der Waals surface area contributed by atoms with Gasteiger partial charge >= 0.3 is 0 Å². The number of pyridine rings is 1. The van der Waals surface area contributed by atoms with Gasteiger partial charge in [-0.1, -0.05) is 17.7 Å². The molecule has 9 nitrogen and oxygen atoms in total. The molecule has 3 aromatic heterocycles. The van der Waals surface area contributed by atoms with Gasteiger partial charge in [0.1, 0.15) is 10.6 Å². The summed E-state index contributed by atoms with van der Waals surface area (Å²) >= 11 is 6.39. The Bertz CT molecular complexity index is 1520. The lowest BCUT2D eigenvalue weighted by Gasteiger charge is -2.26. The van der Waals surface area contributed by atoms with Crippen molar-refractivity contribution in [1.29, 1.82) is 0 Å². The lowest BCUT2D eigenvalue weighted by atomic mass is 10.1. The number of aromatic nitrogens is 4. The molecule has 1 aromatic carbocycles. The maximum absolute atomic E-state index is 13.4. The number of carbonyl (C=O) groups is 1. The van der Waals surface area contributed by atoms with Crippen LogP contribution < -0.4 is 5.32 Å². The van der Waals surface area contributed by atoms with Crippen molar-refractivity contribution in [3.05, 3.63) is 76.5 Å². The van der Waals surface area contributed by atoms with Crippen LogP contribution in [0.5, 0.6) is 0 Å². The van der Waals surface area contributed by atoms with Crippen LogP contribution in [0, 0.1) is 6.92 Å². The first kappa shape index (κ1) is 22.6. The summed E-state index contributed by atoms with van der Waals surface area (Å²) in [6.45, 7) is 2.93. The number of fused-ring (bicyclic) bond motifs is 2. The Morgan fingerprint density at radius 1 is 1.18 bits per heavy atom. The largest absolute Gasteiger partial charge is 0.347 e. The van der Waals surface area contributed by atoms with Gasteiger partial charge in [0.05, 0.1) is 24.3 Å². The van der Waals surface area contributed by atoms with E-state index in [9.17, 15) is 13.2 Å². The van der Waals surface area contributed by atoms with Crippen LogP contribution in [-0.2, 0) is 36.7 Å². The normalized spacial score (nSPS) is 14.3. The van der Waals surface area contributed by atoms with Crippen LogP contribution in [0.1, 0.15) is 27.4 Å². The van der Waals surface area contributed by atoms with Gasteiger partial charge in [-0.2, -0.15) is 9.40 Å². The maximum atomic E-state index is 13.4. The summed E-state index contributed by atoms with van der Waals surface area (Å²) in [5.41, 5.74) is 3.12. The van der Waals surface area contributed by atoms with E-state index in [1.165, 1.54) is 10.4 Å². The molecule has 0 atom stereocenters. The number of rotatable bonds is 5. The highest BCUT2D eigenvalue weighted by Crippen LogP contribution is 2.27. The Labute approximate surface area is 202 Å². The molecule has 34 heavy (non-hydrogen) atoms. The number of carbonyl (C=O) groups excluding carboxylic acids is 1. The van der Waals surface area contributed by atoms with Gasteiger partial charge in [-0.05, 0) is 42.8 Å². The number of nitrogens with zero attached hydrogens (tertiary/aromatic N) is 5. The quantitative estimate of drug-likeness (QED) is 0.456. The van der Waals surface area contributed by atoms with Crippen molar-refractivity contribution < 1.29 is 13.2 Å². The highest BCUT2D eigenvalue weighted by atomic mass is 35.5. The van der Waals surface area contributed by atoms with Crippen molar-refractivity contribution in [2.75, 3.05) is 6.54 Å². The molecule has 176 valence electrons. The molecule has 1 amide bonds. The van der Waals surface area contributed by atoms with E-state index >= 15 is 0 Å². The lowest BCUT2D eigenvalue weighted by Crippen LogP contribution is -2.38. The van der Waals surface area contributed by atoms with Gasteiger partial charge in [0, 0.05) is 48.6 Å². The van der Waals surface area contributed by atoms with E-state index in [1.807, 2.05) is 24.3 Å². The average Bonchev–Trinajstić information content (AvgIpc) is 3.42. The summed E-state index contributed by atoms with van der Waals surface area (Å²) in [6, 6.07) is 10.5. The SMILES string of the molecule is Cc1c(S(=O)(=O)N2CCn3nccc3C2)cc(C(=O)NCc2c(Cl)ccc3ncccc23)n1C. The Balaban J connectivity index is 1.40. The zero-order valence-corrected chi connectivity index (χ0v) is 20.3. The summed E-state index contributed by atoms with van der Waals surface area (Å²) in [6.07, 6.45) is 3.36. The molecule has 0 bridgehead atoms. The van der Waals surface area contributed by atoms with Crippen LogP contribution in [0.25, 0.3) is 10.9 Å². The van der Waals surface area contributed by atoms with E-state index in [1.54, 1.807) is 41.7 Å². The van der Waals surface area contributed by atoms with Crippen LogP contribution >= 0.6 is 11.6 Å². The minimum absolute atomic E-state index is 0.125. The molecule has 4 aromatic rings. The van der Waals surface area contributed by atoms with Crippen LogP contribution in [0.3, 0.4) is 0 Å². The van der Waals surface area contributed by atoms with E-state index < -0.39 is 10.0 Å². The van der Waals surface area contributed by atoms with Gasteiger partial charge in [-0.25, -0.2) is 8.42 Å². The third-order valence-corrected chi connectivity index (χ3v) is 8.62. The van der Waals surface area contributed by atoms with Crippen molar-refractivity contribution in [3.63, 3.8) is 0 Å². The van der Waals surface area contributed by atoms with E-state index in [0.29, 0.717) is 23.8 Å². The molecule has 1 aliphatic rings. The Hall–Kier alpha value is -3.21. The van der Waals surface area contributed by atoms with Crippen LogP contribution in [0.15, 0.2) is 53.7 Å².